The maximum Gasteiger partial charge on any atom is 0.408 e. The molecule has 1 aromatic carbocycles. The maximum atomic E-state index is 13.1. The number of benzene rings is 1. The minimum atomic E-state index is -4.40. The number of nitrogens with zero attached hydrogens (tertiary/aromatic N) is 2. The van der Waals surface area contributed by atoms with Gasteiger partial charge in [0.1, 0.15) is 6.54 Å². The molecule has 1 aromatic heterocycles. The molecule has 0 fully saturated rings. The lowest BCUT2D eigenvalue weighted by Crippen LogP contribution is -2.18. The summed E-state index contributed by atoms with van der Waals surface area (Å²) in [6.45, 7) is -1.28. The summed E-state index contributed by atoms with van der Waals surface area (Å²) < 4.78 is 50.0. The molecule has 0 aliphatic carbocycles. The fourth-order valence-corrected chi connectivity index (χ4v) is 1.38. The van der Waals surface area contributed by atoms with Gasteiger partial charge in [-0.2, -0.15) is 17.6 Å². The van der Waals surface area contributed by atoms with Crippen molar-refractivity contribution in [1.82, 2.24) is 9.78 Å². The smallest absolute Gasteiger partial charge is 0.253 e. The predicted molar refractivity (Wildman–Crippen MR) is 45.7 cm³/mol. The Balaban J connectivity index is 2.53. The Kier molecular flexibility index (Phi) is 2.13. The van der Waals surface area contributed by atoms with Crippen LogP contribution in [0.3, 0.4) is 0 Å². The lowest BCUT2D eigenvalue weighted by atomic mass is 10.2. The molecule has 0 saturated carbocycles. The van der Waals surface area contributed by atoms with E-state index in [1.165, 1.54) is 18.2 Å². The van der Waals surface area contributed by atoms with Crippen LogP contribution in [-0.2, 0) is 6.54 Å². The Morgan fingerprint density at radius 2 is 1.87 bits per heavy atom. The van der Waals surface area contributed by atoms with Crippen LogP contribution in [0, 0.1) is 5.95 Å². The predicted octanol–water partition coefficient (Wildman–Crippen LogP) is 2.74. The zero-order valence-corrected chi connectivity index (χ0v) is 7.42. The van der Waals surface area contributed by atoms with Gasteiger partial charge in [0, 0.05) is 0 Å². The quantitative estimate of drug-likeness (QED) is 0.673. The Labute approximate surface area is 82.1 Å². The van der Waals surface area contributed by atoms with E-state index in [0.717, 1.165) is 0 Å². The van der Waals surface area contributed by atoms with Gasteiger partial charge in [-0.15, -0.1) is 5.10 Å². The molecule has 6 heteroatoms. The lowest BCUT2D eigenvalue weighted by Gasteiger charge is -2.06. The van der Waals surface area contributed by atoms with Crippen molar-refractivity contribution in [1.29, 1.82) is 0 Å². The van der Waals surface area contributed by atoms with Crippen molar-refractivity contribution in [3.8, 4) is 0 Å². The van der Waals surface area contributed by atoms with Gasteiger partial charge in [0.2, 0.25) is 5.95 Å². The summed E-state index contributed by atoms with van der Waals surface area (Å²) >= 11 is 0. The van der Waals surface area contributed by atoms with Gasteiger partial charge in [0.25, 0.3) is 0 Å². The minimum absolute atomic E-state index is 0.0988. The molecule has 0 aliphatic heterocycles. The van der Waals surface area contributed by atoms with E-state index in [1.807, 2.05) is 0 Å². The van der Waals surface area contributed by atoms with E-state index in [0.29, 0.717) is 4.68 Å². The first-order valence-electron chi connectivity index (χ1n) is 4.15. The molecule has 0 unspecified atom stereocenters. The van der Waals surface area contributed by atoms with Gasteiger partial charge < -0.3 is 0 Å². The topological polar surface area (TPSA) is 17.8 Å². The zero-order chi connectivity index (χ0) is 11.1. The minimum Gasteiger partial charge on any atom is -0.253 e. The summed E-state index contributed by atoms with van der Waals surface area (Å²) in [6, 6.07) is 5.88. The summed E-state index contributed by atoms with van der Waals surface area (Å²) in [5.41, 5.74) is 0.146. The van der Waals surface area contributed by atoms with E-state index in [2.05, 4.69) is 5.10 Å². The van der Waals surface area contributed by atoms with Crippen molar-refractivity contribution in [2.75, 3.05) is 0 Å². The first-order chi connectivity index (χ1) is 6.97. The summed E-state index contributed by atoms with van der Waals surface area (Å²) in [5, 5.41) is 3.30. The Hall–Kier alpha value is -1.59. The zero-order valence-electron chi connectivity index (χ0n) is 7.42. The second-order valence-electron chi connectivity index (χ2n) is 3.08. The van der Waals surface area contributed by atoms with Crippen LogP contribution in [0.2, 0.25) is 0 Å². The second kappa shape index (κ2) is 3.22. The molecule has 0 N–H and O–H groups in total. The third-order valence-electron chi connectivity index (χ3n) is 1.94. The van der Waals surface area contributed by atoms with Gasteiger partial charge in [-0.3, -0.25) is 4.68 Å². The Morgan fingerprint density at radius 1 is 1.20 bits per heavy atom. The average Bonchev–Trinajstić information content (AvgIpc) is 2.42. The molecule has 80 valence electrons. The molecule has 2 aromatic rings. The van der Waals surface area contributed by atoms with Gasteiger partial charge >= 0.3 is 6.18 Å². The highest BCUT2D eigenvalue weighted by molar-refractivity contribution is 5.79. The van der Waals surface area contributed by atoms with E-state index in [4.69, 9.17) is 0 Å². The SMILES string of the molecule is Fc1nn(CC(F)(F)F)c2ccccc12. The Bertz CT molecular complexity index is 486. The molecule has 0 radical (unpaired) electrons. The second-order valence-corrected chi connectivity index (χ2v) is 3.08. The van der Waals surface area contributed by atoms with Crippen LogP contribution in [0.5, 0.6) is 0 Å². The lowest BCUT2D eigenvalue weighted by molar-refractivity contribution is -0.142. The molecule has 1 heterocycles. The molecular weight excluding hydrogens is 212 g/mol. The highest BCUT2D eigenvalue weighted by atomic mass is 19.4. The highest BCUT2D eigenvalue weighted by Gasteiger charge is 2.29. The van der Waals surface area contributed by atoms with Crippen LogP contribution in [0.1, 0.15) is 0 Å². The number of alkyl halides is 3. The molecule has 0 bridgehead atoms. The summed E-state index contributed by atoms with van der Waals surface area (Å²) in [7, 11) is 0. The first kappa shape index (κ1) is 9.95. The summed E-state index contributed by atoms with van der Waals surface area (Å²) in [5.74, 6) is -0.880. The van der Waals surface area contributed by atoms with Gasteiger partial charge in [0.15, 0.2) is 0 Å². The summed E-state index contributed by atoms with van der Waals surface area (Å²) in [4.78, 5) is 0. The van der Waals surface area contributed by atoms with Crippen LogP contribution in [-0.4, -0.2) is 16.0 Å². The van der Waals surface area contributed by atoms with Crippen LogP contribution < -0.4 is 0 Å². The van der Waals surface area contributed by atoms with Crippen LogP contribution in [0.25, 0.3) is 10.9 Å². The number of halogens is 4. The molecule has 15 heavy (non-hydrogen) atoms. The van der Waals surface area contributed by atoms with Crippen LogP contribution >= 0.6 is 0 Å². The van der Waals surface area contributed by atoms with Gasteiger partial charge in [0.05, 0.1) is 10.9 Å². The monoisotopic (exact) mass is 218 g/mol. The fourth-order valence-electron chi connectivity index (χ4n) is 1.38. The molecule has 2 rings (SSSR count). The van der Waals surface area contributed by atoms with Crippen LogP contribution in [0.15, 0.2) is 24.3 Å². The van der Waals surface area contributed by atoms with Crippen molar-refractivity contribution >= 4 is 10.9 Å². The number of rotatable bonds is 1. The largest absolute Gasteiger partial charge is 0.408 e. The molecule has 0 aliphatic rings. The molecule has 2 nitrogen and oxygen atoms in total. The van der Waals surface area contributed by atoms with Crippen molar-refractivity contribution in [3.05, 3.63) is 30.2 Å². The number of para-hydroxylation sites is 1. The number of fused-ring (bicyclic) bond motifs is 1. The van der Waals surface area contributed by atoms with Gasteiger partial charge in [-0.25, -0.2) is 0 Å². The molecule has 0 saturated heterocycles. The number of hydrogen-bond acceptors (Lipinski definition) is 1. The third-order valence-corrected chi connectivity index (χ3v) is 1.94. The van der Waals surface area contributed by atoms with Crippen molar-refractivity contribution in [2.24, 2.45) is 0 Å². The normalized spacial score (nSPS) is 12.3. The molecule has 0 atom stereocenters. The standard InChI is InChI=1S/C9H6F4N2/c10-8-6-3-1-2-4-7(6)15(14-8)5-9(11,12)13/h1-4H,5H2. The molecule has 0 spiro atoms. The fraction of sp³-hybridized carbons (Fsp3) is 0.222. The van der Waals surface area contributed by atoms with E-state index < -0.39 is 18.7 Å². The number of aromatic nitrogens is 2. The van der Waals surface area contributed by atoms with Crippen LogP contribution in [0.4, 0.5) is 17.6 Å². The van der Waals surface area contributed by atoms with E-state index in [-0.39, 0.29) is 10.9 Å². The van der Waals surface area contributed by atoms with Gasteiger partial charge in [-0.1, -0.05) is 12.1 Å². The maximum absolute atomic E-state index is 13.1. The number of hydrogen-bond donors (Lipinski definition) is 0. The third kappa shape index (κ3) is 1.93. The summed E-state index contributed by atoms with van der Waals surface area (Å²) in [6.07, 6.45) is -4.40. The molecular formula is C9H6F4N2. The van der Waals surface area contributed by atoms with E-state index >= 15 is 0 Å². The Morgan fingerprint density at radius 3 is 2.53 bits per heavy atom. The van der Waals surface area contributed by atoms with Crippen molar-refractivity contribution in [2.45, 2.75) is 12.7 Å². The average molecular weight is 218 g/mol. The highest BCUT2D eigenvalue weighted by Crippen LogP contribution is 2.22. The van der Waals surface area contributed by atoms with E-state index in [1.54, 1.807) is 6.07 Å². The van der Waals surface area contributed by atoms with Gasteiger partial charge in [-0.05, 0) is 12.1 Å². The van der Waals surface area contributed by atoms with E-state index in [9.17, 15) is 17.6 Å². The first-order valence-corrected chi connectivity index (χ1v) is 4.15. The van der Waals surface area contributed by atoms with Crippen molar-refractivity contribution in [3.63, 3.8) is 0 Å². The van der Waals surface area contributed by atoms with Crippen molar-refractivity contribution < 1.29 is 17.6 Å². The molecule has 0 amide bonds.